The molecule has 7 heteroatoms. The molecule has 0 saturated heterocycles. The number of nitrogens with one attached hydrogen (secondary N) is 2. The number of hydrogen-bond acceptors (Lipinski definition) is 4. The fraction of sp³-hybridized carbons (Fsp3) is 0.667. The molecule has 1 amide bonds. The summed E-state index contributed by atoms with van der Waals surface area (Å²) in [4.78, 5) is 23.1. The van der Waals surface area contributed by atoms with Gasteiger partial charge < -0.3 is 20.3 Å². The number of carbonyl (C=O) groups is 1. The summed E-state index contributed by atoms with van der Waals surface area (Å²) in [5.74, 6) is 1.61. The standard InChI is InChI=1S/C21H35N5O2/c1-5-23-19(25-15-17-9-10-17)24-12-7-13-26(20(27)28-21(2,3)4)16-18-8-6-11-22-14-18/h6,8,11,14,17H,5,7,9-10,12-13,15-16H2,1-4H3,(H2,23,24,25). The highest BCUT2D eigenvalue weighted by molar-refractivity contribution is 5.79. The molecule has 0 radical (unpaired) electrons. The summed E-state index contributed by atoms with van der Waals surface area (Å²) < 4.78 is 5.57. The van der Waals surface area contributed by atoms with E-state index in [1.165, 1.54) is 12.8 Å². The van der Waals surface area contributed by atoms with Gasteiger partial charge in [0.25, 0.3) is 0 Å². The van der Waals surface area contributed by atoms with E-state index in [2.05, 4.69) is 27.5 Å². The van der Waals surface area contributed by atoms with Gasteiger partial charge in [0.05, 0.1) is 6.54 Å². The molecule has 2 N–H and O–H groups in total. The van der Waals surface area contributed by atoms with Crippen LogP contribution in [0.3, 0.4) is 0 Å². The number of guanidine groups is 1. The zero-order valence-electron chi connectivity index (χ0n) is 17.7. The van der Waals surface area contributed by atoms with Crippen molar-refractivity contribution in [1.82, 2.24) is 20.5 Å². The second kappa shape index (κ2) is 10.9. The zero-order chi connectivity index (χ0) is 20.4. The van der Waals surface area contributed by atoms with Gasteiger partial charge in [-0.1, -0.05) is 6.07 Å². The van der Waals surface area contributed by atoms with Crippen LogP contribution in [0.15, 0.2) is 29.5 Å². The maximum atomic E-state index is 12.6. The summed E-state index contributed by atoms with van der Waals surface area (Å²) in [6.45, 7) is 11.3. The third kappa shape index (κ3) is 9.06. The number of nitrogens with zero attached hydrogens (tertiary/aromatic N) is 3. The van der Waals surface area contributed by atoms with E-state index in [4.69, 9.17) is 4.74 Å². The van der Waals surface area contributed by atoms with Crippen molar-refractivity contribution in [2.45, 2.75) is 59.1 Å². The number of hydrogen-bond donors (Lipinski definition) is 2. The summed E-state index contributed by atoms with van der Waals surface area (Å²) >= 11 is 0. The molecule has 1 aliphatic rings. The summed E-state index contributed by atoms with van der Waals surface area (Å²) in [5, 5.41) is 6.63. The number of aliphatic imine (C=N–C) groups is 1. The topological polar surface area (TPSA) is 78.9 Å². The van der Waals surface area contributed by atoms with Crippen molar-refractivity contribution >= 4 is 12.1 Å². The van der Waals surface area contributed by atoms with Gasteiger partial charge in [0.15, 0.2) is 5.96 Å². The Bertz CT molecular complexity index is 623. The first-order valence-corrected chi connectivity index (χ1v) is 10.3. The van der Waals surface area contributed by atoms with Gasteiger partial charge in [-0.25, -0.2) is 4.79 Å². The molecule has 2 rings (SSSR count). The molecule has 1 aromatic rings. The van der Waals surface area contributed by atoms with Gasteiger partial charge in [-0.3, -0.25) is 9.98 Å². The molecule has 0 bridgehead atoms. The molecule has 156 valence electrons. The van der Waals surface area contributed by atoms with Crippen LogP contribution in [0.4, 0.5) is 4.79 Å². The Morgan fingerprint density at radius 1 is 1.36 bits per heavy atom. The van der Waals surface area contributed by atoms with Crippen LogP contribution < -0.4 is 10.6 Å². The van der Waals surface area contributed by atoms with Crippen LogP contribution >= 0.6 is 0 Å². The van der Waals surface area contributed by atoms with Gasteiger partial charge in [-0.15, -0.1) is 0 Å². The first kappa shape index (κ1) is 22.0. The molecule has 0 aliphatic heterocycles. The van der Waals surface area contributed by atoms with Gasteiger partial charge in [0.1, 0.15) is 5.60 Å². The number of pyridine rings is 1. The highest BCUT2D eigenvalue weighted by Gasteiger charge is 2.22. The lowest BCUT2D eigenvalue weighted by Gasteiger charge is -2.27. The Balaban J connectivity index is 1.86. The molecule has 1 fully saturated rings. The van der Waals surface area contributed by atoms with Crippen LogP contribution in [0.25, 0.3) is 0 Å². The van der Waals surface area contributed by atoms with E-state index >= 15 is 0 Å². The minimum atomic E-state index is -0.518. The van der Waals surface area contributed by atoms with Crippen LogP contribution in [-0.2, 0) is 11.3 Å². The lowest BCUT2D eigenvalue weighted by atomic mass is 10.2. The van der Waals surface area contributed by atoms with E-state index in [1.807, 2.05) is 32.9 Å². The van der Waals surface area contributed by atoms with Crippen LogP contribution in [0.5, 0.6) is 0 Å². The number of amides is 1. The Labute approximate surface area is 169 Å². The van der Waals surface area contributed by atoms with Gasteiger partial charge in [0.2, 0.25) is 0 Å². The predicted octanol–water partition coefficient (Wildman–Crippen LogP) is 3.17. The summed E-state index contributed by atoms with van der Waals surface area (Å²) in [5.41, 5.74) is 0.469. The van der Waals surface area contributed by atoms with Gasteiger partial charge in [-0.05, 0) is 64.5 Å². The van der Waals surface area contributed by atoms with Crippen LogP contribution in [-0.4, -0.2) is 53.7 Å². The SMILES string of the molecule is CCNC(=NCC1CC1)NCCCN(Cc1cccnc1)C(=O)OC(C)(C)C. The van der Waals surface area contributed by atoms with Crippen molar-refractivity contribution in [1.29, 1.82) is 0 Å². The molecule has 28 heavy (non-hydrogen) atoms. The van der Waals surface area contributed by atoms with Crippen molar-refractivity contribution in [2.24, 2.45) is 10.9 Å². The normalized spacial score (nSPS) is 14.5. The third-order valence-electron chi connectivity index (χ3n) is 4.19. The summed E-state index contributed by atoms with van der Waals surface area (Å²) in [7, 11) is 0. The molecule has 1 saturated carbocycles. The molecular formula is C21H35N5O2. The molecule has 1 aromatic heterocycles. The maximum absolute atomic E-state index is 12.6. The lowest BCUT2D eigenvalue weighted by Crippen LogP contribution is -2.40. The number of ether oxygens (including phenoxy) is 1. The molecule has 1 aliphatic carbocycles. The molecule has 0 aromatic carbocycles. The smallest absolute Gasteiger partial charge is 0.410 e. The van der Waals surface area contributed by atoms with Crippen LogP contribution in [0.1, 0.15) is 52.5 Å². The van der Waals surface area contributed by atoms with Gasteiger partial charge in [-0.2, -0.15) is 0 Å². The average molecular weight is 390 g/mol. The van der Waals surface area contributed by atoms with E-state index < -0.39 is 5.60 Å². The zero-order valence-corrected chi connectivity index (χ0v) is 17.7. The minimum Gasteiger partial charge on any atom is -0.444 e. The molecule has 0 unspecified atom stereocenters. The third-order valence-corrected chi connectivity index (χ3v) is 4.19. The van der Waals surface area contributed by atoms with E-state index in [-0.39, 0.29) is 6.09 Å². The Morgan fingerprint density at radius 3 is 2.75 bits per heavy atom. The van der Waals surface area contributed by atoms with E-state index in [1.54, 1.807) is 17.3 Å². The second-order valence-corrected chi connectivity index (χ2v) is 8.21. The predicted molar refractivity (Wildman–Crippen MR) is 112 cm³/mol. The fourth-order valence-corrected chi connectivity index (χ4v) is 2.61. The van der Waals surface area contributed by atoms with Gasteiger partial charge in [0, 0.05) is 38.6 Å². The number of rotatable bonds is 9. The van der Waals surface area contributed by atoms with E-state index in [0.717, 1.165) is 43.5 Å². The van der Waals surface area contributed by atoms with Crippen LogP contribution in [0.2, 0.25) is 0 Å². The number of carbonyl (C=O) groups excluding carboxylic acids is 1. The lowest BCUT2D eigenvalue weighted by molar-refractivity contribution is 0.0232. The van der Waals surface area contributed by atoms with Crippen molar-refractivity contribution in [3.63, 3.8) is 0 Å². The fourth-order valence-electron chi connectivity index (χ4n) is 2.61. The van der Waals surface area contributed by atoms with Gasteiger partial charge >= 0.3 is 6.09 Å². The largest absolute Gasteiger partial charge is 0.444 e. The summed E-state index contributed by atoms with van der Waals surface area (Å²) in [6, 6.07) is 3.85. The second-order valence-electron chi connectivity index (χ2n) is 8.21. The monoisotopic (exact) mass is 389 g/mol. The maximum Gasteiger partial charge on any atom is 0.410 e. The molecular weight excluding hydrogens is 354 g/mol. The Kier molecular flexibility index (Phi) is 8.54. The van der Waals surface area contributed by atoms with E-state index in [0.29, 0.717) is 13.1 Å². The summed E-state index contributed by atoms with van der Waals surface area (Å²) in [6.07, 6.45) is 6.60. The highest BCUT2D eigenvalue weighted by atomic mass is 16.6. The number of aromatic nitrogens is 1. The van der Waals surface area contributed by atoms with E-state index in [9.17, 15) is 4.79 Å². The molecule has 7 nitrogen and oxygen atoms in total. The quantitative estimate of drug-likeness (QED) is 0.385. The Hall–Kier alpha value is -2.31. The van der Waals surface area contributed by atoms with Crippen LogP contribution in [0, 0.1) is 5.92 Å². The molecule has 0 spiro atoms. The Morgan fingerprint density at radius 2 is 2.14 bits per heavy atom. The van der Waals surface area contributed by atoms with Crippen molar-refractivity contribution in [3.8, 4) is 0 Å². The van der Waals surface area contributed by atoms with Crippen molar-refractivity contribution < 1.29 is 9.53 Å². The van der Waals surface area contributed by atoms with Crippen molar-refractivity contribution in [2.75, 3.05) is 26.2 Å². The molecule has 0 atom stereocenters. The highest BCUT2D eigenvalue weighted by Crippen LogP contribution is 2.28. The average Bonchev–Trinajstić information content (AvgIpc) is 3.46. The first-order valence-electron chi connectivity index (χ1n) is 10.3. The minimum absolute atomic E-state index is 0.300. The molecule has 1 heterocycles. The first-order chi connectivity index (χ1) is 13.4. The van der Waals surface area contributed by atoms with Crippen molar-refractivity contribution in [3.05, 3.63) is 30.1 Å².